The average molecular weight is 278 g/mol. The summed E-state index contributed by atoms with van der Waals surface area (Å²) in [7, 11) is 0. The molecule has 1 fully saturated rings. The maximum Gasteiger partial charge on any atom is 0.254 e. The van der Waals surface area contributed by atoms with E-state index in [0.717, 1.165) is 18.7 Å². The summed E-state index contributed by atoms with van der Waals surface area (Å²) in [5, 5.41) is 7.41. The standard InChI is InChI=1S/C15H26N4O/c1-11(13-6-3-4-7-13)18-15(20)14-10-17-19(12(14)2)9-5-8-16/h10-11,13H,3-9,16H2,1-2H3,(H,18,20). The molecule has 1 amide bonds. The van der Waals surface area contributed by atoms with Crippen molar-refractivity contribution >= 4 is 5.91 Å². The van der Waals surface area contributed by atoms with Gasteiger partial charge in [0, 0.05) is 18.3 Å². The van der Waals surface area contributed by atoms with Crippen LogP contribution in [0.1, 0.15) is 55.1 Å². The van der Waals surface area contributed by atoms with E-state index in [0.29, 0.717) is 18.0 Å². The summed E-state index contributed by atoms with van der Waals surface area (Å²) in [6.45, 7) is 5.47. The molecule has 112 valence electrons. The van der Waals surface area contributed by atoms with Crippen molar-refractivity contribution in [3.63, 3.8) is 0 Å². The summed E-state index contributed by atoms with van der Waals surface area (Å²) in [4.78, 5) is 12.3. The summed E-state index contributed by atoms with van der Waals surface area (Å²) in [6, 6.07) is 0.247. The molecule has 5 heteroatoms. The molecule has 0 spiro atoms. The topological polar surface area (TPSA) is 72.9 Å². The molecule has 1 atom stereocenters. The predicted molar refractivity (Wildman–Crippen MR) is 79.5 cm³/mol. The highest BCUT2D eigenvalue weighted by atomic mass is 16.1. The Morgan fingerprint density at radius 2 is 2.25 bits per heavy atom. The van der Waals surface area contributed by atoms with Crippen LogP contribution in [0.3, 0.4) is 0 Å². The highest BCUT2D eigenvalue weighted by Crippen LogP contribution is 2.27. The van der Waals surface area contributed by atoms with Crippen LogP contribution in [-0.4, -0.2) is 28.3 Å². The summed E-state index contributed by atoms with van der Waals surface area (Å²) in [6.07, 6.45) is 7.60. The number of amides is 1. The highest BCUT2D eigenvalue weighted by molar-refractivity contribution is 5.95. The van der Waals surface area contributed by atoms with Crippen LogP contribution in [0.4, 0.5) is 0 Å². The molecular weight excluding hydrogens is 252 g/mol. The quantitative estimate of drug-likeness (QED) is 0.834. The van der Waals surface area contributed by atoms with Crippen LogP contribution >= 0.6 is 0 Å². The summed E-state index contributed by atoms with van der Waals surface area (Å²) >= 11 is 0. The summed E-state index contributed by atoms with van der Waals surface area (Å²) < 4.78 is 1.86. The van der Waals surface area contributed by atoms with Gasteiger partial charge >= 0.3 is 0 Å². The number of nitrogens with two attached hydrogens (primary N) is 1. The first-order chi connectivity index (χ1) is 9.63. The molecule has 5 nitrogen and oxygen atoms in total. The molecule has 0 aliphatic heterocycles. The Labute approximate surface area is 120 Å². The van der Waals surface area contributed by atoms with Crippen LogP contribution in [0.25, 0.3) is 0 Å². The number of hydrogen-bond donors (Lipinski definition) is 2. The maximum absolute atomic E-state index is 12.3. The number of nitrogens with zero attached hydrogens (tertiary/aromatic N) is 2. The minimum absolute atomic E-state index is 0.000832. The molecule has 0 saturated heterocycles. The van der Waals surface area contributed by atoms with E-state index in [9.17, 15) is 4.79 Å². The van der Waals surface area contributed by atoms with Gasteiger partial charge in [0.05, 0.1) is 11.8 Å². The van der Waals surface area contributed by atoms with Gasteiger partial charge in [0.1, 0.15) is 0 Å². The molecule has 1 unspecified atom stereocenters. The molecule has 1 saturated carbocycles. The summed E-state index contributed by atoms with van der Waals surface area (Å²) in [5.74, 6) is 0.632. The minimum atomic E-state index is 0.000832. The van der Waals surface area contributed by atoms with E-state index >= 15 is 0 Å². The van der Waals surface area contributed by atoms with E-state index in [4.69, 9.17) is 5.73 Å². The first-order valence-electron chi connectivity index (χ1n) is 7.66. The molecule has 1 aromatic heterocycles. The Morgan fingerprint density at radius 3 is 2.90 bits per heavy atom. The van der Waals surface area contributed by atoms with Crippen molar-refractivity contribution in [3.05, 3.63) is 17.5 Å². The Kier molecular flexibility index (Phi) is 5.17. The van der Waals surface area contributed by atoms with Gasteiger partial charge in [0.15, 0.2) is 0 Å². The van der Waals surface area contributed by atoms with E-state index in [-0.39, 0.29) is 11.9 Å². The Bertz CT molecular complexity index is 449. The maximum atomic E-state index is 12.3. The van der Waals surface area contributed by atoms with E-state index < -0.39 is 0 Å². The molecule has 1 aliphatic carbocycles. The van der Waals surface area contributed by atoms with Crippen LogP contribution in [0.15, 0.2) is 6.20 Å². The fourth-order valence-corrected chi connectivity index (χ4v) is 3.00. The highest BCUT2D eigenvalue weighted by Gasteiger charge is 2.24. The Balaban J connectivity index is 1.96. The van der Waals surface area contributed by atoms with Gasteiger partial charge in [-0.05, 0) is 45.6 Å². The molecular formula is C15H26N4O. The molecule has 0 aromatic carbocycles. The van der Waals surface area contributed by atoms with E-state index in [1.807, 2.05) is 11.6 Å². The third-order valence-electron chi connectivity index (χ3n) is 4.39. The van der Waals surface area contributed by atoms with E-state index in [1.165, 1.54) is 25.7 Å². The molecule has 0 bridgehead atoms. The SMILES string of the molecule is Cc1c(C(=O)NC(C)C2CCCC2)cnn1CCCN. The third-order valence-corrected chi connectivity index (χ3v) is 4.39. The lowest BCUT2D eigenvalue weighted by Crippen LogP contribution is -2.37. The van der Waals surface area contributed by atoms with Crippen LogP contribution in [0, 0.1) is 12.8 Å². The zero-order valence-electron chi connectivity index (χ0n) is 12.6. The van der Waals surface area contributed by atoms with Crippen molar-refractivity contribution < 1.29 is 4.79 Å². The first-order valence-corrected chi connectivity index (χ1v) is 7.66. The number of hydrogen-bond acceptors (Lipinski definition) is 3. The van der Waals surface area contributed by atoms with Crippen molar-refractivity contribution in [3.8, 4) is 0 Å². The van der Waals surface area contributed by atoms with Gasteiger partial charge < -0.3 is 11.1 Å². The van der Waals surface area contributed by atoms with Gasteiger partial charge in [-0.3, -0.25) is 9.48 Å². The first kappa shape index (κ1) is 15.0. The summed E-state index contributed by atoms with van der Waals surface area (Å²) in [5.41, 5.74) is 7.12. The number of aryl methyl sites for hydroxylation is 1. The fraction of sp³-hybridized carbons (Fsp3) is 0.733. The number of aromatic nitrogens is 2. The van der Waals surface area contributed by atoms with Gasteiger partial charge in [0.2, 0.25) is 0 Å². The second-order valence-corrected chi connectivity index (χ2v) is 5.82. The van der Waals surface area contributed by atoms with Crippen LogP contribution in [0.2, 0.25) is 0 Å². The van der Waals surface area contributed by atoms with Gasteiger partial charge in [-0.2, -0.15) is 5.10 Å². The van der Waals surface area contributed by atoms with Gasteiger partial charge in [-0.1, -0.05) is 12.8 Å². The van der Waals surface area contributed by atoms with Gasteiger partial charge in [-0.15, -0.1) is 0 Å². The van der Waals surface area contributed by atoms with Gasteiger partial charge in [0.25, 0.3) is 5.91 Å². The van der Waals surface area contributed by atoms with Crippen LogP contribution < -0.4 is 11.1 Å². The van der Waals surface area contributed by atoms with Crippen molar-refractivity contribution in [1.29, 1.82) is 0 Å². The second kappa shape index (κ2) is 6.88. The molecule has 1 aromatic rings. The van der Waals surface area contributed by atoms with Crippen molar-refractivity contribution in [2.24, 2.45) is 11.7 Å². The second-order valence-electron chi connectivity index (χ2n) is 5.82. The van der Waals surface area contributed by atoms with Crippen molar-refractivity contribution in [1.82, 2.24) is 15.1 Å². The zero-order valence-corrected chi connectivity index (χ0v) is 12.6. The monoisotopic (exact) mass is 278 g/mol. The predicted octanol–water partition coefficient (Wildman–Crippen LogP) is 1.85. The minimum Gasteiger partial charge on any atom is -0.349 e. The third kappa shape index (κ3) is 3.39. The molecule has 2 rings (SSSR count). The van der Waals surface area contributed by atoms with Crippen LogP contribution in [-0.2, 0) is 6.54 Å². The normalized spacial score (nSPS) is 17.4. The molecule has 0 radical (unpaired) electrons. The van der Waals surface area contributed by atoms with E-state index in [2.05, 4.69) is 17.3 Å². The van der Waals surface area contributed by atoms with Crippen LogP contribution in [0.5, 0.6) is 0 Å². The number of carbonyl (C=O) groups excluding carboxylic acids is 1. The smallest absolute Gasteiger partial charge is 0.254 e. The van der Waals surface area contributed by atoms with E-state index in [1.54, 1.807) is 6.20 Å². The van der Waals surface area contributed by atoms with Crippen molar-refractivity contribution in [2.45, 2.75) is 58.5 Å². The molecule has 20 heavy (non-hydrogen) atoms. The fourth-order valence-electron chi connectivity index (χ4n) is 3.00. The average Bonchev–Trinajstić information content (AvgIpc) is 3.06. The molecule has 1 heterocycles. The van der Waals surface area contributed by atoms with Crippen molar-refractivity contribution in [2.75, 3.05) is 6.54 Å². The lowest BCUT2D eigenvalue weighted by Gasteiger charge is -2.20. The number of nitrogens with one attached hydrogen (secondary N) is 1. The Hall–Kier alpha value is -1.36. The Morgan fingerprint density at radius 1 is 1.55 bits per heavy atom. The number of carbonyl (C=O) groups is 1. The lowest BCUT2D eigenvalue weighted by atomic mass is 9.99. The van der Waals surface area contributed by atoms with Gasteiger partial charge in [-0.25, -0.2) is 0 Å². The number of rotatable bonds is 6. The lowest BCUT2D eigenvalue weighted by molar-refractivity contribution is 0.0926. The zero-order chi connectivity index (χ0) is 14.5. The molecule has 1 aliphatic rings. The largest absolute Gasteiger partial charge is 0.349 e. The molecule has 3 N–H and O–H groups in total.